The predicted octanol–water partition coefficient (Wildman–Crippen LogP) is 3.71. The summed E-state index contributed by atoms with van der Waals surface area (Å²) in [6.45, 7) is 10.8. The molecule has 0 amide bonds. The summed E-state index contributed by atoms with van der Waals surface area (Å²) in [6.07, 6.45) is 0.531. The molecule has 4 unspecified atom stereocenters. The second-order valence-corrected chi connectivity index (χ2v) is 6.03. The van der Waals surface area contributed by atoms with Crippen LogP contribution in [0.4, 0.5) is 0 Å². The second kappa shape index (κ2) is 4.34. The van der Waals surface area contributed by atoms with E-state index in [4.69, 9.17) is 9.72 Å². The molecule has 0 saturated carbocycles. The van der Waals surface area contributed by atoms with Crippen molar-refractivity contribution in [3.8, 4) is 0 Å². The lowest BCUT2D eigenvalue weighted by Gasteiger charge is -2.15. The van der Waals surface area contributed by atoms with Crippen molar-refractivity contribution in [2.75, 3.05) is 0 Å². The highest BCUT2D eigenvalue weighted by molar-refractivity contribution is 5.79. The van der Waals surface area contributed by atoms with Crippen LogP contribution in [-0.2, 0) is 4.74 Å². The maximum Gasteiger partial charge on any atom is 0.113 e. The summed E-state index contributed by atoms with van der Waals surface area (Å²) >= 11 is 0. The molecule has 1 aliphatic heterocycles. The lowest BCUT2D eigenvalue weighted by atomic mass is 9.89. The van der Waals surface area contributed by atoms with E-state index in [2.05, 4.69) is 51.7 Å². The van der Waals surface area contributed by atoms with Gasteiger partial charge in [-0.25, -0.2) is 4.98 Å². The van der Waals surface area contributed by atoms with Gasteiger partial charge in [-0.1, -0.05) is 13.0 Å². The summed E-state index contributed by atoms with van der Waals surface area (Å²) in [4.78, 5) is 8.34. The normalized spacial score (nSPS) is 31.2. The molecule has 2 heterocycles. The molecule has 4 atom stereocenters. The van der Waals surface area contributed by atoms with Crippen molar-refractivity contribution in [1.82, 2.24) is 9.97 Å². The van der Waals surface area contributed by atoms with Gasteiger partial charge in [0.05, 0.1) is 23.2 Å². The number of nitrogens with zero attached hydrogens (tertiary/aromatic N) is 1. The average molecular weight is 258 g/mol. The highest BCUT2D eigenvalue weighted by Crippen LogP contribution is 2.39. The van der Waals surface area contributed by atoms with Crippen LogP contribution in [0.25, 0.3) is 11.0 Å². The molecule has 102 valence electrons. The molecule has 0 radical (unpaired) electrons. The fraction of sp³-hybridized carbons (Fsp3) is 0.562. The highest BCUT2D eigenvalue weighted by atomic mass is 16.5. The van der Waals surface area contributed by atoms with Gasteiger partial charge in [-0.05, 0) is 50.8 Å². The Morgan fingerprint density at radius 2 is 1.84 bits per heavy atom. The molecule has 1 saturated heterocycles. The van der Waals surface area contributed by atoms with Crippen molar-refractivity contribution >= 4 is 11.0 Å². The van der Waals surface area contributed by atoms with E-state index in [9.17, 15) is 0 Å². The van der Waals surface area contributed by atoms with Gasteiger partial charge in [0.25, 0.3) is 0 Å². The number of aromatic amines is 1. The van der Waals surface area contributed by atoms with Crippen LogP contribution in [-0.4, -0.2) is 22.2 Å². The highest BCUT2D eigenvalue weighted by Gasteiger charge is 2.39. The smallest absolute Gasteiger partial charge is 0.113 e. The van der Waals surface area contributed by atoms with Crippen LogP contribution in [0.5, 0.6) is 0 Å². The average Bonchev–Trinajstić information content (AvgIpc) is 2.81. The van der Waals surface area contributed by atoms with E-state index in [1.807, 2.05) is 0 Å². The van der Waals surface area contributed by atoms with Crippen molar-refractivity contribution < 1.29 is 4.74 Å². The molecule has 0 spiro atoms. The molecule has 0 aliphatic carbocycles. The number of aryl methyl sites for hydroxylation is 2. The number of benzene rings is 1. The molecule has 1 N–H and O–H groups in total. The minimum absolute atomic E-state index is 0.229. The summed E-state index contributed by atoms with van der Waals surface area (Å²) in [5, 5.41) is 0. The molecule has 2 aromatic rings. The lowest BCUT2D eigenvalue weighted by Crippen LogP contribution is -2.16. The summed E-state index contributed by atoms with van der Waals surface area (Å²) in [5.41, 5.74) is 4.76. The van der Waals surface area contributed by atoms with Gasteiger partial charge in [0, 0.05) is 5.92 Å². The van der Waals surface area contributed by atoms with Crippen LogP contribution in [0.1, 0.15) is 43.6 Å². The van der Waals surface area contributed by atoms with E-state index in [1.165, 1.54) is 11.1 Å². The number of H-pyrrole nitrogens is 1. The van der Waals surface area contributed by atoms with Crippen molar-refractivity contribution in [1.29, 1.82) is 0 Å². The van der Waals surface area contributed by atoms with Gasteiger partial charge in [-0.3, -0.25) is 0 Å². The number of imidazole rings is 1. The largest absolute Gasteiger partial charge is 0.374 e. The fourth-order valence-corrected chi connectivity index (χ4v) is 3.39. The first-order chi connectivity index (χ1) is 8.97. The fourth-order valence-electron chi connectivity index (χ4n) is 3.39. The summed E-state index contributed by atoms with van der Waals surface area (Å²) in [5.74, 6) is 1.94. The van der Waals surface area contributed by atoms with E-state index < -0.39 is 0 Å². The number of ether oxygens (including phenoxy) is 1. The number of aromatic nitrogens is 2. The summed E-state index contributed by atoms with van der Waals surface area (Å²) < 4.78 is 5.93. The van der Waals surface area contributed by atoms with Crippen LogP contribution < -0.4 is 0 Å². The van der Waals surface area contributed by atoms with Crippen molar-refractivity contribution in [2.24, 2.45) is 5.92 Å². The Labute approximate surface area is 114 Å². The third-order valence-corrected chi connectivity index (χ3v) is 4.50. The molecule has 1 aromatic heterocycles. The lowest BCUT2D eigenvalue weighted by molar-refractivity contribution is 0.0554. The zero-order valence-corrected chi connectivity index (χ0v) is 12.3. The molecule has 0 bridgehead atoms. The molecular weight excluding hydrogens is 236 g/mol. The number of hydrogen-bond acceptors (Lipinski definition) is 2. The Morgan fingerprint density at radius 1 is 1.11 bits per heavy atom. The molecule has 3 nitrogen and oxygen atoms in total. The maximum atomic E-state index is 5.93. The van der Waals surface area contributed by atoms with Crippen molar-refractivity contribution in [3.63, 3.8) is 0 Å². The summed E-state index contributed by atoms with van der Waals surface area (Å²) in [7, 11) is 0. The van der Waals surface area contributed by atoms with E-state index >= 15 is 0 Å². The first-order valence-corrected chi connectivity index (χ1v) is 7.09. The second-order valence-electron chi connectivity index (χ2n) is 6.03. The SMILES string of the molecule is Cc1cc(C)c2nc(C3C(C)OC(C)C3C)[nH]c2c1. The monoisotopic (exact) mass is 258 g/mol. The van der Waals surface area contributed by atoms with E-state index in [0.29, 0.717) is 17.9 Å². The quantitative estimate of drug-likeness (QED) is 0.846. The Bertz CT molecular complexity index is 616. The maximum absolute atomic E-state index is 5.93. The Kier molecular flexibility index (Phi) is 2.90. The number of hydrogen-bond donors (Lipinski definition) is 1. The number of fused-ring (bicyclic) bond motifs is 1. The first kappa shape index (κ1) is 12.7. The van der Waals surface area contributed by atoms with Gasteiger partial charge in [0.1, 0.15) is 5.82 Å². The zero-order valence-electron chi connectivity index (χ0n) is 12.3. The number of nitrogens with one attached hydrogen (secondary N) is 1. The van der Waals surface area contributed by atoms with E-state index in [0.717, 1.165) is 16.9 Å². The molecule has 1 aromatic carbocycles. The minimum atomic E-state index is 0.229. The van der Waals surface area contributed by atoms with Crippen LogP contribution in [0.15, 0.2) is 12.1 Å². The van der Waals surface area contributed by atoms with Crippen LogP contribution in [0, 0.1) is 19.8 Å². The van der Waals surface area contributed by atoms with Gasteiger partial charge < -0.3 is 9.72 Å². The van der Waals surface area contributed by atoms with Gasteiger partial charge in [0.15, 0.2) is 0 Å². The molecule has 3 rings (SSSR count). The topological polar surface area (TPSA) is 37.9 Å². The third kappa shape index (κ3) is 1.96. The molecular formula is C16H22N2O. The summed E-state index contributed by atoms with van der Waals surface area (Å²) in [6, 6.07) is 4.36. The Morgan fingerprint density at radius 3 is 2.47 bits per heavy atom. The molecule has 3 heteroatoms. The van der Waals surface area contributed by atoms with E-state index in [1.54, 1.807) is 0 Å². The van der Waals surface area contributed by atoms with Crippen molar-refractivity contribution in [2.45, 2.75) is 52.7 Å². The van der Waals surface area contributed by atoms with Gasteiger partial charge in [0.2, 0.25) is 0 Å². The Balaban J connectivity index is 2.09. The zero-order chi connectivity index (χ0) is 13.7. The minimum Gasteiger partial charge on any atom is -0.374 e. The number of rotatable bonds is 1. The van der Waals surface area contributed by atoms with Crippen LogP contribution in [0.2, 0.25) is 0 Å². The van der Waals surface area contributed by atoms with Gasteiger partial charge in [-0.2, -0.15) is 0 Å². The third-order valence-electron chi connectivity index (χ3n) is 4.50. The van der Waals surface area contributed by atoms with Crippen LogP contribution in [0.3, 0.4) is 0 Å². The van der Waals surface area contributed by atoms with Gasteiger partial charge >= 0.3 is 0 Å². The Hall–Kier alpha value is -1.35. The van der Waals surface area contributed by atoms with E-state index in [-0.39, 0.29) is 6.10 Å². The van der Waals surface area contributed by atoms with Gasteiger partial charge in [-0.15, -0.1) is 0 Å². The predicted molar refractivity (Wildman–Crippen MR) is 77.5 cm³/mol. The van der Waals surface area contributed by atoms with Crippen molar-refractivity contribution in [3.05, 3.63) is 29.1 Å². The molecule has 19 heavy (non-hydrogen) atoms. The first-order valence-electron chi connectivity index (χ1n) is 7.09. The molecule has 1 fully saturated rings. The van der Waals surface area contributed by atoms with Crippen LogP contribution >= 0.6 is 0 Å². The molecule has 1 aliphatic rings. The standard InChI is InChI=1S/C16H22N2O/c1-8-6-9(2)15-13(7-8)17-16(18-15)14-10(3)11(4)19-12(14)5/h6-7,10-12,14H,1-5H3,(H,17,18).